The second-order valence-corrected chi connectivity index (χ2v) is 7.18. The second-order valence-electron chi connectivity index (χ2n) is 4.86. The number of nitrogens with one attached hydrogen (secondary N) is 1. The summed E-state index contributed by atoms with van der Waals surface area (Å²) in [4.78, 5) is 0. The van der Waals surface area contributed by atoms with Crippen LogP contribution in [0.15, 0.2) is 58.9 Å². The lowest BCUT2D eigenvalue weighted by Crippen LogP contribution is -1.99. The lowest BCUT2D eigenvalue weighted by Gasteiger charge is -2.03. The van der Waals surface area contributed by atoms with E-state index < -0.39 is 0 Å². The molecular weight excluding hydrogens is 345 g/mol. The molecular formula is C17H16FN3OS2. The Hall–Kier alpha value is -2.12. The van der Waals surface area contributed by atoms with E-state index in [1.165, 1.54) is 23.5 Å². The third-order valence-corrected chi connectivity index (χ3v) is 5.06. The third kappa shape index (κ3) is 5.21. The smallest absolute Gasteiger partial charge is 0.206 e. The number of hydrogen-bond acceptors (Lipinski definition) is 6. The highest BCUT2D eigenvalue weighted by Gasteiger charge is 2.05. The van der Waals surface area contributed by atoms with E-state index in [2.05, 4.69) is 15.5 Å². The largest absolute Gasteiger partial charge is 0.493 e. The molecule has 0 saturated heterocycles. The number of ether oxygens (including phenoxy) is 1. The van der Waals surface area contributed by atoms with E-state index in [4.69, 9.17) is 4.74 Å². The molecule has 4 nitrogen and oxygen atoms in total. The van der Waals surface area contributed by atoms with Crippen molar-refractivity contribution in [2.45, 2.75) is 10.9 Å². The van der Waals surface area contributed by atoms with Crippen LogP contribution in [0.5, 0.6) is 5.75 Å². The Morgan fingerprint density at radius 2 is 1.83 bits per heavy atom. The van der Waals surface area contributed by atoms with Gasteiger partial charge in [-0.15, -0.1) is 10.2 Å². The van der Waals surface area contributed by atoms with Gasteiger partial charge in [-0.05, 0) is 29.8 Å². The van der Waals surface area contributed by atoms with E-state index >= 15 is 0 Å². The molecule has 0 atom stereocenters. The summed E-state index contributed by atoms with van der Waals surface area (Å²) in [6.45, 7) is 1.21. The number of hydrogen-bond donors (Lipinski definition) is 1. The average molecular weight is 361 g/mol. The molecule has 0 fully saturated rings. The van der Waals surface area contributed by atoms with Gasteiger partial charge in [0.1, 0.15) is 11.6 Å². The molecule has 0 spiro atoms. The highest BCUT2D eigenvalue weighted by Crippen LogP contribution is 2.25. The van der Waals surface area contributed by atoms with Crippen LogP contribution in [0.25, 0.3) is 0 Å². The van der Waals surface area contributed by atoms with Gasteiger partial charge in [0.15, 0.2) is 4.34 Å². The lowest BCUT2D eigenvalue weighted by molar-refractivity contribution is 0.344. The molecule has 1 aromatic heterocycles. The van der Waals surface area contributed by atoms with Crippen molar-refractivity contribution in [3.8, 4) is 5.75 Å². The van der Waals surface area contributed by atoms with Crippen LogP contribution in [0.2, 0.25) is 0 Å². The highest BCUT2D eigenvalue weighted by atomic mass is 32.2. The Morgan fingerprint density at radius 1 is 1.04 bits per heavy atom. The molecule has 0 aliphatic rings. The van der Waals surface area contributed by atoms with Crippen molar-refractivity contribution in [2.24, 2.45) is 0 Å². The summed E-state index contributed by atoms with van der Waals surface area (Å²) in [5, 5.41) is 12.2. The molecule has 0 unspecified atom stereocenters. The van der Waals surface area contributed by atoms with Gasteiger partial charge in [0.2, 0.25) is 5.13 Å². The Bertz CT molecular complexity index is 750. The maximum atomic E-state index is 12.9. The molecule has 3 aromatic rings. The van der Waals surface area contributed by atoms with Crippen LogP contribution in [0.1, 0.15) is 5.56 Å². The molecule has 0 aliphatic heterocycles. The molecule has 0 saturated carbocycles. The minimum Gasteiger partial charge on any atom is -0.493 e. The van der Waals surface area contributed by atoms with Crippen LogP contribution in [0.4, 0.5) is 9.52 Å². The summed E-state index contributed by atoms with van der Waals surface area (Å²) in [5.41, 5.74) is 0.997. The summed E-state index contributed by atoms with van der Waals surface area (Å²) in [7, 11) is 0. The van der Waals surface area contributed by atoms with Gasteiger partial charge in [-0.1, -0.05) is 53.4 Å². The Morgan fingerprint density at radius 3 is 2.62 bits per heavy atom. The van der Waals surface area contributed by atoms with Gasteiger partial charge in [0, 0.05) is 12.3 Å². The zero-order valence-corrected chi connectivity index (χ0v) is 14.4. The summed E-state index contributed by atoms with van der Waals surface area (Å²) < 4.78 is 19.4. The highest BCUT2D eigenvalue weighted by molar-refractivity contribution is 8.01. The van der Waals surface area contributed by atoms with Gasteiger partial charge in [-0.2, -0.15) is 0 Å². The maximum Gasteiger partial charge on any atom is 0.206 e. The van der Waals surface area contributed by atoms with E-state index in [-0.39, 0.29) is 5.82 Å². The van der Waals surface area contributed by atoms with Crippen LogP contribution in [-0.2, 0) is 6.54 Å². The number of halogens is 1. The molecule has 7 heteroatoms. The second kappa shape index (κ2) is 8.65. The molecule has 0 aliphatic carbocycles. The van der Waals surface area contributed by atoms with Crippen LogP contribution >= 0.6 is 23.1 Å². The Kier molecular flexibility index (Phi) is 6.03. The summed E-state index contributed by atoms with van der Waals surface area (Å²) in [6.07, 6.45) is 0. The fourth-order valence-corrected chi connectivity index (χ4v) is 3.56. The fraction of sp³-hybridized carbons (Fsp3) is 0.176. The number of thioether (sulfide) groups is 1. The molecule has 24 heavy (non-hydrogen) atoms. The number of rotatable bonds is 8. The molecule has 0 amide bonds. The predicted octanol–water partition coefficient (Wildman–Crippen LogP) is 4.46. The zero-order valence-electron chi connectivity index (χ0n) is 12.8. The summed E-state index contributed by atoms with van der Waals surface area (Å²) in [6, 6.07) is 16.1. The molecule has 1 N–H and O–H groups in total. The van der Waals surface area contributed by atoms with Gasteiger partial charge < -0.3 is 10.1 Å². The molecule has 124 valence electrons. The SMILES string of the molecule is Fc1ccc(CNc2nnc(SCCOc3ccccc3)s2)cc1. The van der Waals surface area contributed by atoms with E-state index in [0.29, 0.717) is 13.2 Å². The molecule has 2 aromatic carbocycles. The van der Waals surface area contributed by atoms with Crippen molar-refractivity contribution in [2.75, 3.05) is 17.7 Å². The molecule has 0 bridgehead atoms. The monoisotopic (exact) mass is 361 g/mol. The van der Waals surface area contributed by atoms with Gasteiger partial charge in [-0.25, -0.2) is 4.39 Å². The average Bonchev–Trinajstić information content (AvgIpc) is 3.07. The first-order valence-electron chi connectivity index (χ1n) is 7.42. The van der Waals surface area contributed by atoms with E-state index in [1.54, 1.807) is 23.9 Å². The first-order chi connectivity index (χ1) is 11.8. The normalized spacial score (nSPS) is 10.5. The first kappa shape index (κ1) is 16.7. The van der Waals surface area contributed by atoms with Gasteiger partial charge in [0.25, 0.3) is 0 Å². The molecule has 3 rings (SSSR count). The van der Waals surface area contributed by atoms with Crippen molar-refractivity contribution >= 4 is 28.2 Å². The minimum absolute atomic E-state index is 0.230. The Labute approximate surface area is 148 Å². The van der Waals surface area contributed by atoms with Gasteiger partial charge in [0.05, 0.1) is 6.61 Å². The third-order valence-electron chi connectivity index (χ3n) is 3.08. The van der Waals surface area contributed by atoms with Crippen molar-refractivity contribution in [1.82, 2.24) is 10.2 Å². The summed E-state index contributed by atoms with van der Waals surface area (Å²) in [5.74, 6) is 1.45. The van der Waals surface area contributed by atoms with Crippen LogP contribution in [0, 0.1) is 5.82 Å². The zero-order chi connectivity index (χ0) is 16.6. The predicted molar refractivity (Wildman–Crippen MR) is 96.3 cm³/mol. The van der Waals surface area contributed by atoms with Gasteiger partial charge in [-0.3, -0.25) is 0 Å². The summed E-state index contributed by atoms with van der Waals surface area (Å²) >= 11 is 3.12. The van der Waals surface area contributed by atoms with E-state index in [0.717, 1.165) is 26.5 Å². The number of anilines is 1. The standard InChI is InChI=1S/C17H16FN3OS2/c18-14-8-6-13(7-9-14)12-19-16-20-21-17(24-16)23-11-10-22-15-4-2-1-3-5-15/h1-9H,10-12H2,(H,19,20). The van der Waals surface area contributed by atoms with E-state index in [9.17, 15) is 4.39 Å². The number of nitrogens with zero attached hydrogens (tertiary/aromatic N) is 2. The lowest BCUT2D eigenvalue weighted by atomic mass is 10.2. The van der Waals surface area contributed by atoms with Crippen molar-refractivity contribution < 1.29 is 9.13 Å². The maximum absolute atomic E-state index is 12.9. The first-order valence-corrected chi connectivity index (χ1v) is 9.22. The number of benzene rings is 2. The molecule has 1 heterocycles. The van der Waals surface area contributed by atoms with Crippen molar-refractivity contribution in [3.05, 3.63) is 66.0 Å². The van der Waals surface area contributed by atoms with Crippen molar-refractivity contribution in [3.63, 3.8) is 0 Å². The minimum atomic E-state index is -0.230. The number of para-hydroxylation sites is 1. The van der Waals surface area contributed by atoms with Gasteiger partial charge >= 0.3 is 0 Å². The topological polar surface area (TPSA) is 47.0 Å². The van der Waals surface area contributed by atoms with Crippen LogP contribution in [-0.4, -0.2) is 22.6 Å². The Balaban J connectivity index is 1.39. The quantitative estimate of drug-likeness (QED) is 0.474. The van der Waals surface area contributed by atoms with Crippen LogP contribution in [0.3, 0.4) is 0 Å². The van der Waals surface area contributed by atoms with E-state index in [1.807, 2.05) is 30.3 Å². The van der Waals surface area contributed by atoms with Crippen LogP contribution < -0.4 is 10.1 Å². The fourth-order valence-electron chi connectivity index (χ4n) is 1.92. The molecule has 0 radical (unpaired) electrons. The number of aromatic nitrogens is 2. The van der Waals surface area contributed by atoms with Crippen molar-refractivity contribution in [1.29, 1.82) is 0 Å².